The zero-order chi connectivity index (χ0) is 25.6. The Morgan fingerprint density at radius 3 is 2.64 bits per heavy atom. The summed E-state index contributed by atoms with van der Waals surface area (Å²) in [5.41, 5.74) is 1.59. The monoisotopic (exact) mass is 531 g/mol. The number of carbonyl (C=O) groups is 1. The highest BCUT2D eigenvalue weighted by Gasteiger charge is 2.49. The number of carboxylic acids is 1. The number of hydrogen-bond acceptors (Lipinski definition) is 6. The molecule has 2 aromatic rings. The third-order valence-corrected chi connectivity index (χ3v) is 9.06. The summed E-state index contributed by atoms with van der Waals surface area (Å²) in [6, 6.07) is 6.41. The number of aliphatic carboxylic acids is 1. The highest BCUT2D eigenvalue weighted by Crippen LogP contribution is 2.45. The Morgan fingerprint density at radius 2 is 1.94 bits per heavy atom. The van der Waals surface area contributed by atoms with E-state index in [0.717, 1.165) is 55.2 Å². The van der Waals surface area contributed by atoms with Crippen LogP contribution in [0.4, 0.5) is 11.8 Å². The summed E-state index contributed by atoms with van der Waals surface area (Å²) in [5, 5.41) is 14.1. The first-order valence-electron chi connectivity index (χ1n) is 12.9. The molecule has 0 bridgehead atoms. The van der Waals surface area contributed by atoms with Gasteiger partial charge in [0.2, 0.25) is 5.95 Å². The summed E-state index contributed by atoms with van der Waals surface area (Å²) in [6.45, 7) is 9.99. The van der Waals surface area contributed by atoms with E-state index in [2.05, 4.69) is 26.2 Å². The largest absolute Gasteiger partial charge is 0.481 e. The molecule has 0 unspecified atom stereocenters. The quantitative estimate of drug-likeness (QED) is 0.476. The van der Waals surface area contributed by atoms with Gasteiger partial charge in [-0.2, -0.15) is 4.98 Å². The third kappa shape index (κ3) is 5.02. The van der Waals surface area contributed by atoms with Crippen LogP contribution in [0.25, 0.3) is 0 Å². The van der Waals surface area contributed by atoms with Gasteiger partial charge in [0, 0.05) is 30.7 Å². The van der Waals surface area contributed by atoms with Crippen LogP contribution >= 0.6 is 23.2 Å². The first-order chi connectivity index (χ1) is 17.1. The molecule has 194 valence electrons. The topological polar surface area (TPSA) is 81.6 Å². The number of hydrogen-bond donors (Lipinski definition) is 2. The van der Waals surface area contributed by atoms with E-state index in [4.69, 9.17) is 28.2 Å². The van der Waals surface area contributed by atoms with Gasteiger partial charge in [0.05, 0.1) is 17.7 Å². The first kappa shape index (κ1) is 25.6. The van der Waals surface area contributed by atoms with E-state index < -0.39 is 11.4 Å². The molecular weight excluding hydrogens is 497 g/mol. The normalized spacial score (nSPS) is 27.8. The fraction of sp³-hybridized carbons (Fsp3) is 0.593. The lowest BCUT2D eigenvalue weighted by Crippen LogP contribution is -2.58. The maximum atomic E-state index is 11.5. The van der Waals surface area contributed by atoms with Crippen LogP contribution in [0.2, 0.25) is 10.0 Å². The second-order valence-electron chi connectivity index (χ2n) is 11.2. The minimum Gasteiger partial charge on any atom is -0.481 e. The van der Waals surface area contributed by atoms with Crippen molar-refractivity contribution in [3.05, 3.63) is 45.6 Å². The van der Waals surface area contributed by atoms with Gasteiger partial charge in [0.1, 0.15) is 5.02 Å². The van der Waals surface area contributed by atoms with Gasteiger partial charge in [-0.15, -0.1) is 0 Å². The predicted molar refractivity (Wildman–Crippen MR) is 144 cm³/mol. The van der Waals surface area contributed by atoms with E-state index in [1.807, 2.05) is 32.9 Å². The summed E-state index contributed by atoms with van der Waals surface area (Å²) in [4.78, 5) is 25.5. The van der Waals surface area contributed by atoms with Crippen LogP contribution in [0.5, 0.6) is 0 Å². The lowest BCUT2D eigenvalue weighted by molar-refractivity contribution is -0.158. The summed E-state index contributed by atoms with van der Waals surface area (Å²) >= 11 is 12.9. The van der Waals surface area contributed by atoms with Gasteiger partial charge in [-0.1, -0.05) is 35.3 Å². The van der Waals surface area contributed by atoms with Crippen molar-refractivity contribution in [1.82, 2.24) is 14.9 Å². The minimum atomic E-state index is -0.657. The molecule has 3 fully saturated rings. The SMILES string of the molecule is Cc1ccc([C@@H](C)Nc2nc(N3CC([C@H]4CCCN([C@H]5C[C@@](C)(C(=O)O)C5)C4)C3)ncc2Cl)c(Cl)c1. The molecule has 5 rings (SSSR count). The van der Waals surface area contributed by atoms with Gasteiger partial charge >= 0.3 is 5.97 Å². The molecule has 2 saturated heterocycles. The molecule has 0 amide bonds. The molecule has 1 aliphatic carbocycles. The van der Waals surface area contributed by atoms with Crippen molar-refractivity contribution in [2.45, 2.75) is 58.5 Å². The van der Waals surface area contributed by atoms with Crippen molar-refractivity contribution in [2.75, 3.05) is 36.4 Å². The van der Waals surface area contributed by atoms with Gasteiger partial charge < -0.3 is 20.2 Å². The lowest BCUT2D eigenvalue weighted by Gasteiger charge is -2.52. The second kappa shape index (κ2) is 9.99. The fourth-order valence-electron chi connectivity index (χ4n) is 6.02. The van der Waals surface area contributed by atoms with Crippen molar-refractivity contribution < 1.29 is 9.90 Å². The summed E-state index contributed by atoms with van der Waals surface area (Å²) < 4.78 is 0. The zero-order valence-corrected chi connectivity index (χ0v) is 22.7. The Labute approximate surface area is 223 Å². The molecule has 2 aliphatic heterocycles. The van der Waals surface area contributed by atoms with Crippen LogP contribution in [0, 0.1) is 24.2 Å². The molecular formula is C27H35Cl2N5O2. The second-order valence-corrected chi connectivity index (χ2v) is 12.1. The summed E-state index contributed by atoms with van der Waals surface area (Å²) in [7, 11) is 0. The van der Waals surface area contributed by atoms with E-state index in [-0.39, 0.29) is 6.04 Å². The molecule has 36 heavy (non-hydrogen) atoms. The van der Waals surface area contributed by atoms with Crippen LogP contribution in [-0.4, -0.2) is 58.2 Å². The molecule has 9 heteroatoms. The van der Waals surface area contributed by atoms with E-state index in [0.29, 0.717) is 34.7 Å². The number of piperidine rings is 1. The Bertz CT molecular complexity index is 1130. The van der Waals surface area contributed by atoms with Crippen molar-refractivity contribution in [3.63, 3.8) is 0 Å². The van der Waals surface area contributed by atoms with E-state index in [1.165, 1.54) is 12.8 Å². The number of aryl methyl sites for hydroxylation is 1. The van der Waals surface area contributed by atoms with Crippen LogP contribution in [0.3, 0.4) is 0 Å². The molecule has 3 heterocycles. The molecule has 2 N–H and O–H groups in total. The molecule has 0 spiro atoms. The van der Waals surface area contributed by atoms with Crippen LogP contribution < -0.4 is 10.2 Å². The Balaban J connectivity index is 1.17. The smallest absolute Gasteiger partial charge is 0.309 e. The van der Waals surface area contributed by atoms with Gasteiger partial charge in [-0.25, -0.2) is 4.98 Å². The maximum Gasteiger partial charge on any atom is 0.309 e. The van der Waals surface area contributed by atoms with E-state index >= 15 is 0 Å². The number of aromatic nitrogens is 2. The number of halogens is 2. The van der Waals surface area contributed by atoms with Gasteiger partial charge in [-0.3, -0.25) is 4.79 Å². The van der Waals surface area contributed by atoms with Gasteiger partial charge in [0.15, 0.2) is 5.82 Å². The van der Waals surface area contributed by atoms with E-state index in [9.17, 15) is 9.90 Å². The Hall–Kier alpha value is -2.09. The molecule has 7 nitrogen and oxygen atoms in total. The van der Waals surface area contributed by atoms with Crippen molar-refractivity contribution in [3.8, 4) is 0 Å². The number of anilines is 2. The number of nitrogens with zero attached hydrogens (tertiary/aromatic N) is 4. The number of carboxylic acid groups (broad SMARTS) is 1. The molecule has 1 aromatic carbocycles. The molecule has 3 aliphatic rings. The van der Waals surface area contributed by atoms with Crippen LogP contribution in [0.1, 0.15) is 56.7 Å². The van der Waals surface area contributed by atoms with Crippen LogP contribution in [-0.2, 0) is 4.79 Å². The number of benzene rings is 1. The fourth-order valence-corrected chi connectivity index (χ4v) is 6.57. The number of nitrogens with one attached hydrogen (secondary N) is 1. The summed E-state index contributed by atoms with van der Waals surface area (Å²) in [6.07, 6.45) is 5.63. The molecule has 2 atom stereocenters. The molecule has 1 aromatic heterocycles. The average molecular weight is 533 g/mol. The van der Waals surface area contributed by atoms with Gasteiger partial charge in [0.25, 0.3) is 0 Å². The van der Waals surface area contributed by atoms with Crippen molar-refractivity contribution in [1.29, 1.82) is 0 Å². The standard InChI is InChI=1S/C27H35Cl2N5O2/c1-16-6-7-21(22(28)9-16)17(2)31-24-23(29)12-30-26(32-24)34-14-19(15-34)18-5-4-8-33(13-18)20-10-27(3,11-20)25(35)36/h6-7,9,12,17-20H,4-5,8,10-11,13-15H2,1-3H3,(H,35,36)(H,30,31,32)/t17-,18+,20-,27+/m1/s1. The highest BCUT2D eigenvalue weighted by atomic mass is 35.5. The zero-order valence-electron chi connectivity index (χ0n) is 21.2. The average Bonchev–Trinajstić information content (AvgIpc) is 2.78. The molecule has 1 saturated carbocycles. The lowest BCUT2D eigenvalue weighted by atomic mass is 9.65. The predicted octanol–water partition coefficient (Wildman–Crippen LogP) is 5.67. The van der Waals surface area contributed by atoms with E-state index in [1.54, 1.807) is 6.20 Å². The summed E-state index contributed by atoms with van der Waals surface area (Å²) in [5.74, 6) is 1.91. The minimum absolute atomic E-state index is 0.0507. The first-order valence-corrected chi connectivity index (χ1v) is 13.7. The third-order valence-electron chi connectivity index (χ3n) is 8.46. The maximum absolute atomic E-state index is 11.5. The van der Waals surface area contributed by atoms with Crippen LogP contribution in [0.15, 0.2) is 24.4 Å². The van der Waals surface area contributed by atoms with Crippen molar-refractivity contribution in [2.24, 2.45) is 17.3 Å². The Morgan fingerprint density at radius 1 is 1.19 bits per heavy atom. The molecule has 0 radical (unpaired) electrons. The highest BCUT2D eigenvalue weighted by molar-refractivity contribution is 6.33. The van der Waals surface area contributed by atoms with Gasteiger partial charge in [-0.05, 0) is 82.0 Å². The number of likely N-dealkylation sites (tertiary alicyclic amines) is 1. The van der Waals surface area contributed by atoms with Crippen molar-refractivity contribution >= 4 is 40.9 Å². The number of rotatable bonds is 7. The Kier molecular flexibility index (Phi) is 7.09.